The maximum atomic E-state index is 12.7. The Morgan fingerprint density at radius 2 is 1.88 bits per heavy atom. The topological polar surface area (TPSA) is 113 Å². The molecule has 26 heavy (non-hydrogen) atoms. The van der Waals surface area contributed by atoms with E-state index in [9.17, 15) is 18.0 Å². The second kappa shape index (κ2) is 7.24. The number of rotatable bonds is 7. The average molecular weight is 382 g/mol. The predicted octanol–water partition coefficient (Wildman–Crippen LogP) is 0.685. The standard InChI is InChI=1S/C17H22N2O6S/c1-11-8-19(9-15(11)17(21)22)26(23,24)14-6-4-13(5-7-14)25-10-16(20)18-12-2-3-12/h4-7,11-12,15H,2-3,8-10H2,1H3,(H,18,20)(H,21,22)/t11-,15-/m1/s1. The number of nitrogens with one attached hydrogen (secondary N) is 1. The van der Waals surface area contributed by atoms with Crippen LogP contribution in [-0.2, 0) is 19.6 Å². The first-order chi connectivity index (χ1) is 12.3. The number of hydrogen-bond donors (Lipinski definition) is 2. The number of carbonyl (C=O) groups excluding carboxylic acids is 1. The molecule has 2 atom stereocenters. The lowest BCUT2D eigenvalue weighted by Gasteiger charge is -2.16. The van der Waals surface area contributed by atoms with Crippen molar-refractivity contribution in [3.05, 3.63) is 24.3 Å². The Labute approximate surface area is 152 Å². The van der Waals surface area contributed by atoms with E-state index in [4.69, 9.17) is 9.84 Å². The van der Waals surface area contributed by atoms with E-state index in [-0.39, 0.29) is 42.5 Å². The minimum Gasteiger partial charge on any atom is -0.484 e. The van der Waals surface area contributed by atoms with E-state index in [1.807, 2.05) is 0 Å². The van der Waals surface area contributed by atoms with E-state index < -0.39 is 21.9 Å². The molecule has 1 aliphatic carbocycles. The zero-order valence-corrected chi connectivity index (χ0v) is 15.2. The molecular formula is C17H22N2O6S. The number of ether oxygens (including phenoxy) is 1. The third-order valence-electron chi connectivity index (χ3n) is 4.67. The number of benzene rings is 1. The highest BCUT2D eigenvalue weighted by molar-refractivity contribution is 7.89. The van der Waals surface area contributed by atoms with Crippen LogP contribution in [0.25, 0.3) is 0 Å². The molecule has 1 heterocycles. The molecule has 1 saturated carbocycles. The molecule has 0 unspecified atom stereocenters. The van der Waals surface area contributed by atoms with Crippen molar-refractivity contribution in [2.24, 2.45) is 11.8 Å². The smallest absolute Gasteiger partial charge is 0.308 e. The Kier molecular flexibility index (Phi) is 5.19. The molecule has 0 aromatic heterocycles. The van der Waals surface area contributed by atoms with Crippen LogP contribution in [0.3, 0.4) is 0 Å². The van der Waals surface area contributed by atoms with Crippen molar-refractivity contribution < 1.29 is 27.9 Å². The van der Waals surface area contributed by atoms with E-state index in [0.29, 0.717) is 5.75 Å². The lowest BCUT2D eigenvalue weighted by molar-refractivity contribution is -0.142. The summed E-state index contributed by atoms with van der Waals surface area (Å²) in [6.07, 6.45) is 1.99. The first-order valence-corrected chi connectivity index (χ1v) is 9.96. The maximum absolute atomic E-state index is 12.7. The van der Waals surface area contributed by atoms with Gasteiger partial charge in [-0.1, -0.05) is 6.92 Å². The lowest BCUT2D eigenvalue weighted by Crippen LogP contribution is -2.30. The molecule has 1 saturated heterocycles. The van der Waals surface area contributed by atoms with Gasteiger partial charge in [0.25, 0.3) is 5.91 Å². The van der Waals surface area contributed by atoms with Crippen molar-refractivity contribution in [3.8, 4) is 5.75 Å². The highest BCUT2D eigenvalue weighted by Gasteiger charge is 2.40. The number of hydrogen-bond acceptors (Lipinski definition) is 5. The summed E-state index contributed by atoms with van der Waals surface area (Å²) >= 11 is 0. The van der Waals surface area contributed by atoms with E-state index in [2.05, 4.69) is 5.32 Å². The van der Waals surface area contributed by atoms with E-state index in [1.54, 1.807) is 6.92 Å². The summed E-state index contributed by atoms with van der Waals surface area (Å²) in [4.78, 5) is 22.9. The SMILES string of the molecule is C[C@@H]1CN(S(=O)(=O)c2ccc(OCC(=O)NC3CC3)cc2)C[C@H]1C(=O)O. The van der Waals surface area contributed by atoms with Crippen LogP contribution in [0.4, 0.5) is 0 Å². The molecule has 1 aromatic rings. The van der Waals surface area contributed by atoms with Crippen LogP contribution < -0.4 is 10.1 Å². The Morgan fingerprint density at radius 3 is 2.42 bits per heavy atom. The molecule has 142 valence electrons. The first-order valence-electron chi connectivity index (χ1n) is 8.52. The van der Waals surface area contributed by atoms with Crippen molar-refractivity contribution >= 4 is 21.9 Å². The van der Waals surface area contributed by atoms with Gasteiger partial charge in [0.1, 0.15) is 5.75 Å². The molecule has 2 aliphatic rings. The average Bonchev–Trinajstić information content (AvgIpc) is 3.31. The summed E-state index contributed by atoms with van der Waals surface area (Å²) in [7, 11) is -3.76. The molecule has 3 rings (SSSR count). The maximum Gasteiger partial charge on any atom is 0.308 e. The van der Waals surface area contributed by atoms with Crippen molar-refractivity contribution in [1.82, 2.24) is 9.62 Å². The van der Waals surface area contributed by atoms with Gasteiger partial charge in [-0.15, -0.1) is 0 Å². The fraction of sp³-hybridized carbons (Fsp3) is 0.529. The van der Waals surface area contributed by atoms with Gasteiger partial charge in [-0.2, -0.15) is 4.31 Å². The third-order valence-corrected chi connectivity index (χ3v) is 6.52. The van der Waals surface area contributed by atoms with Crippen LogP contribution >= 0.6 is 0 Å². The predicted molar refractivity (Wildman–Crippen MR) is 92.2 cm³/mol. The molecule has 1 amide bonds. The molecule has 0 radical (unpaired) electrons. The van der Waals surface area contributed by atoms with Crippen LogP contribution in [0.2, 0.25) is 0 Å². The largest absolute Gasteiger partial charge is 0.484 e. The number of carboxylic acid groups (broad SMARTS) is 1. The Bertz CT molecular complexity index is 788. The quantitative estimate of drug-likeness (QED) is 0.717. The fourth-order valence-corrected chi connectivity index (χ4v) is 4.51. The Hall–Kier alpha value is -2.13. The third kappa shape index (κ3) is 4.16. The molecule has 8 nitrogen and oxygen atoms in total. The zero-order chi connectivity index (χ0) is 18.9. The van der Waals surface area contributed by atoms with Crippen LogP contribution in [0.5, 0.6) is 5.75 Å². The van der Waals surface area contributed by atoms with Gasteiger partial charge in [-0.25, -0.2) is 8.42 Å². The van der Waals surface area contributed by atoms with Crippen LogP contribution in [0.1, 0.15) is 19.8 Å². The van der Waals surface area contributed by atoms with E-state index >= 15 is 0 Å². The van der Waals surface area contributed by atoms with Gasteiger partial charge < -0.3 is 15.2 Å². The number of carboxylic acids is 1. The highest BCUT2D eigenvalue weighted by atomic mass is 32.2. The lowest BCUT2D eigenvalue weighted by atomic mass is 9.99. The molecule has 9 heteroatoms. The van der Waals surface area contributed by atoms with E-state index in [1.165, 1.54) is 28.6 Å². The molecule has 1 aromatic carbocycles. The van der Waals surface area contributed by atoms with Gasteiger partial charge in [-0.05, 0) is 43.0 Å². The molecular weight excluding hydrogens is 360 g/mol. The summed E-state index contributed by atoms with van der Waals surface area (Å²) in [5.41, 5.74) is 0. The van der Waals surface area contributed by atoms with Crippen molar-refractivity contribution in [2.75, 3.05) is 19.7 Å². The number of sulfonamides is 1. The Morgan fingerprint density at radius 1 is 1.23 bits per heavy atom. The molecule has 2 N–H and O–H groups in total. The summed E-state index contributed by atoms with van der Waals surface area (Å²) in [5.74, 6) is -1.72. The van der Waals surface area contributed by atoms with Gasteiger partial charge in [0.2, 0.25) is 10.0 Å². The summed E-state index contributed by atoms with van der Waals surface area (Å²) in [6.45, 7) is 1.77. The van der Waals surface area contributed by atoms with Gasteiger partial charge >= 0.3 is 5.97 Å². The second-order valence-corrected chi connectivity index (χ2v) is 8.78. The first kappa shape index (κ1) is 18.7. The van der Waals surface area contributed by atoms with Crippen LogP contribution in [0, 0.1) is 11.8 Å². The molecule has 2 fully saturated rings. The highest BCUT2D eigenvalue weighted by Crippen LogP contribution is 2.29. The molecule has 1 aliphatic heterocycles. The molecule has 0 spiro atoms. The van der Waals surface area contributed by atoms with Crippen molar-refractivity contribution in [2.45, 2.75) is 30.7 Å². The zero-order valence-electron chi connectivity index (χ0n) is 14.4. The normalized spacial score (nSPS) is 23.6. The van der Waals surface area contributed by atoms with Crippen LogP contribution in [-0.4, -0.2) is 55.4 Å². The molecule has 0 bridgehead atoms. The summed E-state index contributed by atoms with van der Waals surface area (Å²) in [5, 5.41) is 12.0. The number of carbonyl (C=O) groups is 2. The monoisotopic (exact) mass is 382 g/mol. The van der Waals surface area contributed by atoms with Crippen LogP contribution in [0.15, 0.2) is 29.2 Å². The van der Waals surface area contributed by atoms with Gasteiger partial charge in [0.15, 0.2) is 6.61 Å². The van der Waals surface area contributed by atoms with Gasteiger partial charge in [0, 0.05) is 19.1 Å². The van der Waals surface area contributed by atoms with Crippen molar-refractivity contribution in [3.63, 3.8) is 0 Å². The van der Waals surface area contributed by atoms with Crippen molar-refractivity contribution in [1.29, 1.82) is 0 Å². The summed E-state index contributed by atoms with van der Waals surface area (Å²) < 4.78 is 31.9. The number of amides is 1. The fourth-order valence-electron chi connectivity index (χ4n) is 2.94. The second-order valence-electron chi connectivity index (χ2n) is 6.85. The van der Waals surface area contributed by atoms with Gasteiger partial charge in [-0.3, -0.25) is 9.59 Å². The Balaban J connectivity index is 1.61. The number of nitrogens with zero attached hydrogens (tertiary/aromatic N) is 1. The summed E-state index contributed by atoms with van der Waals surface area (Å²) in [6, 6.07) is 6.05. The minimum absolute atomic E-state index is 0.0293. The number of aliphatic carboxylic acids is 1. The minimum atomic E-state index is -3.76. The van der Waals surface area contributed by atoms with E-state index in [0.717, 1.165) is 12.8 Å². The van der Waals surface area contributed by atoms with Gasteiger partial charge in [0.05, 0.1) is 10.8 Å².